The minimum atomic E-state index is -0.408. The molecule has 352 valence electrons. The molecular weight excluding hydrogens is 851 g/mol. The molecular formula is C59H63NO8. The lowest BCUT2D eigenvalue weighted by Crippen LogP contribution is -2.43. The molecule has 2 fully saturated rings. The Balaban J connectivity index is 0.000000141. The highest BCUT2D eigenvalue weighted by Gasteiger charge is 2.54. The number of aromatic hydroxyl groups is 4. The maximum atomic E-state index is 12.4. The number of likely N-dealkylation sites (N-methyl/N-ethyl adjacent to an activating group) is 1. The highest BCUT2D eigenvalue weighted by atomic mass is 16.5. The number of aliphatic hydroxyl groups excluding tert-OH is 1. The van der Waals surface area contributed by atoms with E-state index in [-0.39, 0.29) is 45.3 Å². The van der Waals surface area contributed by atoms with Crippen molar-refractivity contribution in [3.05, 3.63) is 184 Å². The monoisotopic (exact) mass is 913 g/mol. The van der Waals surface area contributed by atoms with Crippen molar-refractivity contribution in [2.45, 2.75) is 70.8 Å². The number of nitrogens with zero attached hydrogens (tertiary/aromatic N) is 1. The number of benzene rings is 6. The van der Waals surface area contributed by atoms with Gasteiger partial charge in [-0.3, -0.25) is 4.79 Å². The molecule has 7 aromatic rings. The number of rotatable bonds is 9. The third-order valence-corrected chi connectivity index (χ3v) is 14.5. The summed E-state index contributed by atoms with van der Waals surface area (Å²) in [6, 6.07) is 44.2. The molecule has 68 heavy (non-hydrogen) atoms. The molecule has 5 N–H and O–H groups in total. The number of phenols is 4. The smallest absolute Gasteiger partial charge is 0.204 e. The fraction of sp³-hybridized carbons (Fsp3) is 0.305. The van der Waals surface area contributed by atoms with Gasteiger partial charge in [0.2, 0.25) is 5.43 Å². The topological polar surface area (TPSA) is 144 Å². The van der Waals surface area contributed by atoms with Gasteiger partial charge >= 0.3 is 0 Å². The summed E-state index contributed by atoms with van der Waals surface area (Å²) in [5, 5.41) is 48.5. The molecule has 3 aliphatic rings. The number of fused-ring (bicyclic) bond motifs is 6. The number of allylic oxidation sites excluding steroid dienone is 1. The first kappa shape index (κ1) is 47.7. The van der Waals surface area contributed by atoms with Crippen molar-refractivity contribution in [2.24, 2.45) is 17.3 Å². The van der Waals surface area contributed by atoms with Crippen molar-refractivity contribution >= 4 is 22.1 Å². The molecule has 3 aliphatic carbocycles. The van der Waals surface area contributed by atoms with Gasteiger partial charge in [-0.2, -0.15) is 0 Å². The number of ether oxygens (including phenoxy) is 1. The van der Waals surface area contributed by atoms with Gasteiger partial charge < -0.3 is 39.6 Å². The Morgan fingerprint density at radius 2 is 1.40 bits per heavy atom. The zero-order valence-corrected chi connectivity index (χ0v) is 39.4. The highest BCUT2D eigenvalue weighted by molar-refractivity contribution is 5.98. The lowest BCUT2D eigenvalue weighted by atomic mass is 9.55. The molecule has 0 bridgehead atoms. The van der Waals surface area contributed by atoms with Crippen molar-refractivity contribution in [1.29, 1.82) is 0 Å². The molecule has 0 aliphatic heterocycles. The quantitative estimate of drug-likeness (QED) is 0.0894. The molecule has 1 aromatic heterocycles. The van der Waals surface area contributed by atoms with E-state index in [1.54, 1.807) is 12.1 Å². The van der Waals surface area contributed by atoms with E-state index in [4.69, 9.17) is 9.15 Å². The first-order valence-corrected chi connectivity index (χ1v) is 23.8. The van der Waals surface area contributed by atoms with Gasteiger partial charge in [-0.05, 0) is 163 Å². The van der Waals surface area contributed by atoms with Crippen molar-refractivity contribution in [2.75, 3.05) is 27.2 Å². The van der Waals surface area contributed by atoms with E-state index in [1.807, 2.05) is 12.1 Å². The van der Waals surface area contributed by atoms with Gasteiger partial charge in [-0.1, -0.05) is 105 Å². The normalized spacial score (nSPS) is 20.7. The lowest BCUT2D eigenvalue weighted by Gasteiger charge is -2.50. The Morgan fingerprint density at radius 1 is 0.735 bits per heavy atom. The van der Waals surface area contributed by atoms with Crippen LogP contribution >= 0.6 is 0 Å². The Bertz CT molecular complexity index is 2890. The highest BCUT2D eigenvalue weighted by Crippen LogP contribution is 2.61. The number of aryl methyl sites for hydroxylation is 1. The molecule has 0 radical (unpaired) electrons. The second kappa shape index (κ2) is 21.0. The first-order chi connectivity index (χ1) is 32.8. The standard InChI is InChI=1S/C26H29NO.C18H24O2.C15H10O5/c1-4-25(21-11-7-5-8-12-21)26(22-13-9-6-10-14-22)23-15-17-24(18-16-23)28-20-19-27(2)3;1-18-9-8-14-13-5-3-12(19)10-11(13)2-4-15(14)16(18)6-7-17(18)20;16-9-3-1-8(2-4-9)11-7-20-13-6-10(17)5-12(18)14(13)15(11)19/h5-18H,4,19-20H2,1-3H3;3,5,10,14-17,19-20H,2,4,6-9H2,1H3;1-7,16-18H/b26-25-;;/t;14-,15-,16+,17+,18+;/m.1./s1. The van der Waals surface area contributed by atoms with Crippen LogP contribution in [0.3, 0.4) is 0 Å². The van der Waals surface area contributed by atoms with Crippen LogP contribution in [-0.2, 0) is 6.42 Å². The van der Waals surface area contributed by atoms with E-state index in [1.165, 1.54) is 82.7 Å². The van der Waals surface area contributed by atoms with Crippen molar-refractivity contribution in [3.63, 3.8) is 0 Å². The van der Waals surface area contributed by atoms with E-state index in [0.717, 1.165) is 50.0 Å². The molecule has 1 heterocycles. The Hall–Kier alpha value is -6.81. The third-order valence-electron chi connectivity index (χ3n) is 14.5. The zero-order chi connectivity index (χ0) is 48.0. The SMILES string of the molecule is CC/C(=C(\c1ccccc1)c1ccc(OCCN(C)C)cc1)c1ccccc1.C[C@]12CC[C@@H]3c4ccc(O)cc4CC[C@H]3[C@@H]1CC[C@@H]2O.O=c1c(-c2ccc(O)cc2)coc2cc(O)cc(O)c12. The predicted molar refractivity (Wildman–Crippen MR) is 271 cm³/mol. The summed E-state index contributed by atoms with van der Waals surface area (Å²) in [7, 11) is 4.11. The molecule has 10 rings (SSSR count). The molecule has 5 atom stereocenters. The van der Waals surface area contributed by atoms with Crippen LogP contribution in [0.5, 0.6) is 28.7 Å². The van der Waals surface area contributed by atoms with Crippen molar-refractivity contribution in [1.82, 2.24) is 4.90 Å². The third kappa shape index (κ3) is 10.3. The average Bonchev–Trinajstić information content (AvgIpc) is 3.65. The molecule has 9 heteroatoms. The summed E-state index contributed by atoms with van der Waals surface area (Å²) in [6.45, 7) is 6.14. The van der Waals surface area contributed by atoms with Gasteiger partial charge in [-0.25, -0.2) is 0 Å². The Kier molecular flexibility index (Phi) is 14.7. The van der Waals surface area contributed by atoms with E-state index < -0.39 is 5.43 Å². The minimum Gasteiger partial charge on any atom is -0.508 e. The molecule has 6 aromatic carbocycles. The Morgan fingerprint density at radius 3 is 2.07 bits per heavy atom. The average molecular weight is 914 g/mol. The van der Waals surface area contributed by atoms with Crippen LogP contribution in [0.15, 0.2) is 155 Å². The van der Waals surface area contributed by atoms with Gasteiger partial charge in [0.15, 0.2) is 0 Å². The summed E-state index contributed by atoms with van der Waals surface area (Å²) < 4.78 is 11.2. The van der Waals surface area contributed by atoms with Gasteiger partial charge in [0.25, 0.3) is 0 Å². The summed E-state index contributed by atoms with van der Waals surface area (Å²) in [6.07, 6.45) is 9.01. The fourth-order valence-electron chi connectivity index (χ4n) is 10.9. The van der Waals surface area contributed by atoms with E-state index >= 15 is 0 Å². The number of hydrogen-bond donors (Lipinski definition) is 5. The summed E-state index contributed by atoms with van der Waals surface area (Å²) >= 11 is 0. The molecule has 0 unspecified atom stereocenters. The van der Waals surface area contributed by atoms with Crippen LogP contribution < -0.4 is 10.2 Å². The van der Waals surface area contributed by atoms with Crippen LogP contribution in [0.2, 0.25) is 0 Å². The predicted octanol–water partition coefficient (Wildman–Crippen LogP) is 12.2. The summed E-state index contributed by atoms with van der Waals surface area (Å²) in [5.41, 5.74) is 9.88. The van der Waals surface area contributed by atoms with Crippen LogP contribution in [0.1, 0.15) is 86.1 Å². The lowest BCUT2D eigenvalue weighted by molar-refractivity contribution is -0.0226. The molecule has 9 nitrogen and oxygen atoms in total. The fourth-order valence-corrected chi connectivity index (χ4v) is 10.9. The van der Waals surface area contributed by atoms with Crippen LogP contribution in [-0.4, -0.2) is 63.8 Å². The van der Waals surface area contributed by atoms with Gasteiger partial charge in [0.05, 0.1) is 11.7 Å². The van der Waals surface area contributed by atoms with Crippen LogP contribution in [0, 0.1) is 17.3 Å². The van der Waals surface area contributed by atoms with E-state index in [0.29, 0.717) is 29.8 Å². The molecule has 2 saturated carbocycles. The first-order valence-electron chi connectivity index (χ1n) is 23.8. The van der Waals surface area contributed by atoms with E-state index in [9.17, 15) is 30.3 Å². The second-order valence-corrected chi connectivity index (χ2v) is 18.9. The van der Waals surface area contributed by atoms with Crippen LogP contribution in [0.4, 0.5) is 0 Å². The van der Waals surface area contributed by atoms with Crippen LogP contribution in [0.25, 0.3) is 33.2 Å². The summed E-state index contributed by atoms with van der Waals surface area (Å²) in [5.74, 6) is 2.97. The second-order valence-electron chi connectivity index (χ2n) is 18.9. The Labute approximate surface area is 399 Å². The number of hydrogen-bond acceptors (Lipinski definition) is 9. The molecule has 0 amide bonds. The maximum absolute atomic E-state index is 12.4. The number of aliphatic hydroxyl groups is 1. The van der Waals surface area contributed by atoms with Gasteiger partial charge in [0.1, 0.15) is 52.6 Å². The van der Waals surface area contributed by atoms with Crippen molar-refractivity contribution < 1.29 is 34.7 Å². The molecule has 0 spiro atoms. The largest absolute Gasteiger partial charge is 0.508 e. The summed E-state index contributed by atoms with van der Waals surface area (Å²) in [4.78, 5) is 14.5. The van der Waals surface area contributed by atoms with Gasteiger partial charge in [0, 0.05) is 18.7 Å². The minimum absolute atomic E-state index is 0.00775. The van der Waals surface area contributed by atoms with E-state index in [2.05, 4.69) is 124 Å². The number of phenolic OH excluding ortho intramolecular Hbond substituents is 4. The maximum Gasteiger partial charge on any atom is 0.204 e. The zero-order valence-electron chi connectivity index (χ0n) is 39.4. The van der Waals surface area contributed by atoms with Gasteiger partial charge in [-0.15, -0.1) is 0 Å². The molecule has 0 saturated heterocycles. The van der Waals surface area contributed by atoms with Crippen molar-refractivity contribution in [3.8, 4) is 39.9 Å².